The number of hydrogen-bond donors (Lipinski definition) is 1. The van der Waals surface area contributed by atoms with Gasteiger partial charge >= 0.3 is 0 Å². The minimum Gasteiger partial charge on any atom is -0.340 e. The van der Waals surface area contributed by atoms with Crippen molar-refractivity contribution < 1.29 is 0 Å². The Bertz CT molecular complexity index is 659. The lowest BCUT2D eigenvalue weighted by Crippen LogP contribution is -2.34. The monoisotopic (exact) mass is 294 g/mol. The van der Waals surface area contributed by atoms with E-state index in [4.69, 9.17) is 4.98 Å². The molecule has 0 saturated carbocycles. The molecule has 0 bridgehead atoms. The molecule has 2 aromatic heterocycles. The van der Waals surface area contributed by atoms with Gasteiger partial charge in [-0.05, 0) is 37.3 Å². The summed E-state index contributed by atoms with van der Waals surface area (Å²) in [5.74, 6) is 1.79. The van der Waals surface area contributed by atoms with Crippen LogP contribution in [0.3, 0.4) is 0 Å². The van der Waals surface area contributed by atoms with Crippen LogP contribution in [0.2, 0.25) is 0 Å². The summed E-state index contributed by atoms with van der Waals surface area (Å²) in [6.07, 6.45) is 13.2. The van der Waals surface area contributed by atoms with Crippen molar-refractivity contribution >= 4 is 0 Å². The lowest BCUT2D eigenvalue weighted by Gasteiger charge is -2.30. The molecule has 4 nitrogen and oxygen atoms in total. The average molecular weight is 294 g/mol. The van der Waals surface area contributed by atoms with Gasteiger partial charge in [-0.2, -0.15) is 0 Å². The Balaban J connectivity index is 1.47. The number of H-pyrrole nitrogens is 1. The molecule has 22 heavy (non-hydrogen) atoms. The van der Waals surface area contributed by atoms with Crippen LogP contribution in [-0.2, 0) is 13.0 Å². The predicted octanol–water partition coefficient (Wildman–Crippen LogP) is 3.19. The van der Waals surface area contributed by atoms with Crippen LogP contribution in [0.1, 0.15) is 30.7 Å². The molecular formula is C18H22N4. The molecule has 1 N–H and O–H groups in total. The number of nitrogens with one attached hydrogen (secondary N) is 1. The summed E-state index contributed by atoms with van der Waals surface area (Å²) in [7, 11) is 0. The highest BCUT2D eigenvalue weighted by Gasteiger charge is 2.23. The second-order valence-electron chi connectivity index (χ2n) is 6.39. The van der Waals surface area contributed by atoms with E-state index in [1.165, 1.54) is 37.2 Å². The summed E-state index contributed by atoms with van der Waals surface area (Å²) in [6, 6.07) is 4.02. The van der Waals surface area contributed by atoms with E-state index in [9.17, 15) is 0 Å². The molecule has 0 aromatic carbocycles. The Hall–Kier alpha value is -1.94. The first kappa shape index (κ1) is 13.7. The quantitative estimate of drug-likeness (QED) is 0.884. The Morgan fingerprint density at radius 1 is 1.32 bits per heavy atom. The second-order valence-corrected chi connectivity index (χ2v) is 6.39. The molecule has 1 aliphatic carbocycles. The second kappa shape index (κ2) is 6.05. The van der Waals surface area contributed by atoms with Gasteiger partial charge in [-0.25, -0.2) is 4.98 Å². The molecule has 3 heterocycles. The fraction of sp³-hybridized carbons (Fsp3) is 0.444. The Labute approximate surface area is 131 Å². The summed E-state index contributed by atoms with van der Waals surface area (Å²) in [5, 5.41) is 0. The molecule has 0 unspecified atom stereocenters. The molecule has 4 rings (SSSR count). The molecule has 0 spiro atoms. The Morgan fingerprint density at radius 2 is 2.32 bits per heavy atom. The van der Waals surface area contributed by atoms with Crippen LogP contribution in [0, 0.1) is 5.92 Å². The normalized spacial score (nSPS) is 21.7. The zero-order valence-corrected chi connectivity index (χ0v) is 12.8. The smallest absolute Gasteiger partial charge is 0.139 e. The van der Waals surface area contributed by atoms with Crippen LogP contribution < -0.4 is 0 Å². The zero-order chi connectivity index (χ0) is 14.8. The standard InChI is InChI=1S/C18H22N4/c1-2-5-14(6-3-1)12-22-10-8-16-17(13-22)21-18(20-16)15-7-4-9-19-11-15/h1-2,4,7,9,11,14H,3,5-6,8,10,12-13H2,(H,20,21)/t14-/m0/s1. The van der Waals surface area contributed by atoms with Gasteiger partial charge in [0.25, 0.3) is 0 Å². The number of aromatic nitrogens is 3. The van der Waals surface area contributed by atoms with E-state index in [-0.39, 0.29) is 0 Å². The molecule has 2 aromatic rings. The van der Waals surface area contributed by atoms with Gasteiger partial charge in [-0.1, -0.05) is 12.2 Å². The van der Waals surface area contributed by atoms with E-state index >= 15 is 0 Å². The third kappa shape index (κ3) is 2.83. The zero-order valence-electron chi connectivity index (χ0n) is 12.8. The van der Waals surface area contributed by atoms with Gasteiger partial charge in [-0.3, -0.25) is 9.88 Å². The largest absolute Gasteiger partial charge is 0.340 e. The third-order valence-corrected chi connectivity index (χ3v) is 4.74. The van der Waals surface area contributed by atoms with Crippen molar-refractivity contribution in [3.05, 3.63) is 48.1 Å². The third-order valence-electron chi connectivity index (χ3n) is 4.74. The summed E-state index contributed by atoms with van der Waals surface area (Å²) in [4.78, 5) is 15.0. The van der Waals surface area contributed by atoms with Gasteiger partial charge in [0, 0.05) is 44.0 Å². The SMILES string of the molecule is C1=CC[C@H](CN2CCc3nc(-c4cccnc4)[nH]c3C2)CC1. The minimum atomic E-state index is 0.826. The van der Waals surface area contributed by atoms with Gasteiger partial charge in [0.2, 0.25) is 0 Å². The molecule has 1 aliphatic heterocycles. The van der Waals surface area contributed by atoms with Crippen molar-refractivity contribution in [1.82, 2.24) is 19.9 Å². The average Bonchev–Trinajstić information content (AvgIpc) is 3.00. The maximum atomic E-state index is 4.77. The van der Waals surface area contributed by atoms with Gasteiger partial charge in [0.1, 0.15) is 5.82 Å². The van der Waals surface area contributed by atoms with Crippen molar-refractivity contribution in [1.29, 1.82) is 0 Å². The number of imidazole rings is 1. The van der Waals surface area contributed by atoms with Gasteiger partial charge in [0.05, 0.1) is 11.4 Å². The maximum Gasteiger partial charge on any atom is 0.139 e. The Morgan fingerprint density at radius 3 is 3.14 bits per heavy atom. The first-order chi connectivity index (χ1) is 10.9. The lowest BCUT2D eigenvalue weighted by molar-refractivity contribution is 0.203. The molecule has 114 valence electrons. The minimum absolute atomic E-state index is 0.826. The topological polar surface area (TPSA) is 44.8 Å². The fourth-order valence-corrected chi connectivity index (χ4v) is 3.53. The predicted molar refractivity (Wildman–Crippen MR) is 87.3 cm³/mol. The number of rotatable bonds is 3. The van der Waals surface area contributed by atoms with E-state index in [2.05, 4.69) is 33.1 Å². The molecule has 0 saturated heterocycles. The summed E-state index contributed by atoms with van der Waals surface area (Å²) in [5.41, 5.74) is 3.59. The van der Waals surface area contributed by atoms with E-state index < -0.39 is 0 Å². The fourth-order valence-electron chi connectivity index (χ4n) is 3.53. The van der Waals surface area contributed by atoms with Crippen molar-refractivity contribution in [2.75, 3.05) is 13.1 Å². The highest BCUT2D eigenvalue weighted by Crippen LogP contribution is 2.25. The first-order valence-electron chi connectivity index (χ1n) is 8.24. The highest BCUT2D eigenvalue weighted by atomic mass is 15.2. The van der Waals surface area contributed by atoms with Crippen LogP contribution in [0.5, 0.6) is 0 Å². The lowest BCUT2D eigenvalue weighted by atomic mass is 9.93. The number of pyridine rings is 1. The van der Waals surface area contributed by atoms with Crippen molar-refractivity contribution in [2.24, 2.45) is 5.92 Å². The highest BCUT2D eigenvalue weighted by molar-refractivity contribution is 5.54. The molecule has 0 radical (unpaired) electrons. The van der Waals surface area contributed by atoms with Gasteiger partial charge in [0.15, 0.2) is 0 Å². The number of fused-ring (bicyclic) bond motifs is 1. The van der Waals surface area contributed by atoms with E-state index in [0.29, 0.717) is 0 Å². The van der Waals surface area contributed by atoms with Crippen LogP contribution >= 0.6 is 0 Å². The van der Waals surface area contributed by atoms with Crippen molar-refractivity contribution in [3.8, 4) is 11.4 Å². The van der Waals surface area contributed by atoms with Gasteiger partial charge < -0.3 is 4.98 Å². The van der Waals surface area contributed by atoms with Crippen LogP contribution in [0.15, 0.2) is 36.7 Å². The summed E-state index contributed by atoms with van der Waals surface area (Å²) in [6.45, 7) is 3.35. The Kier molecular flexibility index (Phi) is 3.77. The number of aromatic amines is 1. The summed E-state index contributed by atoms with van der Waals surface area (Å²) < 4.78 is 0. The maximum absolute atomic E-state index is 4.77. The molecule has 1 atom stereocenters. The number of hydrogen-bond acceptors (Lipinski definition) is 3. The van der Waals surface area contributed by atoms with E-state index in [0.717, 1.165) is 36.8 Å². The van der Waals surface area contributed by atoms with Crippen molar-refractivity contribution in [2.45, 2.75) is 32.2 Å². The molecule has 0 amide bonds. The summed E-state index contributed by atoms with van der Waals surface area (Å²) >= 11 is 0. The number of nitrogens with zero attached hydrogens (tertiary/aromatic N) is 3. The van der Waals surface area contributed by atoms with Crippen LogP contribution in [0.25, 0.3) is 11.4 Å². The molecule has 0 fully saturated rings. The van der Waals surface area contributed by atoms with Crippen LogP contribution in [-0.4, -0.2) is 32.9 Å². The molecule has 2 aliphatic rings. The van der Waals surface area contributed by atoms with E-state index in [1.807, 2.05) is 12.3 Å². The van der Waals surface area contributed by atoms with Crippen LogP contribution in [0.4, 0.5) is 0 Å². The molecular weight excluding hydrogens is 272 g/mol. The van der Waals surface area contributed by atoms with Gasteiger partial charge in [-0.15, -0.1) is 0 Å². The molecule has 4 heteroatoms. The number of allylic oxidation sites excluding steroid dienone is 2. The van der Waals surface area contributed by atoms with Crippen molar-refractivity contribution in [3.63, 3.8) is 0 Å². The first-order valence-corrected chi connectivity index (χ1v) is 8.24. The van der Waals surface area contributed by atoms with E-state index in [1.54, 1.807) is 6.20 Å².